The molecule has 0 atom stereocenters. The van der Waals surface area contributed by atoms with E-state index in [1.165, 1.54) is 5.56 Å². The lowest BCUT2D eigenvalue weighted by Crippen LogP contribution is -2.09. The maximum atomic E-state index is 6.09. The van der Waals surface area contributed by atoms with Gasteiger partial charge in [-0.3, -0.25) is 4.68 Å². The molecule has 4 heteroatoms. The van der Waals surface area contributed by atoms with Crippen molar-refractivity contribution < 1.29 is 4.74 Å². The standard InChI is InChI=1S/C17H25N3O/c1-4-15-11-16(20(5-2)19-15)12-21-17-13(3)7-6-8-14(17)9-10-18/h6-8,11H,4-5,9-10,12,18H2,1-3H3. The summed E-state index contributed by atoms with van der Waals surface area (Å²) in [6, 6.07) is 8.34. The van der Waals surface area contributed by atoms with Crippen molar-refractivity contribution in [2.24, 2.45) is 5.73 Å². The average Bonchev–Trinajstić information content (AvgIpc) is 2.89. The first-order valence-corrected chi connectivity index (χ1v) is 7.66. The van der Waals surface area contributed by atoms with Gasteiger partial charge in [0.25, 0.3) is 0 Å². The Morgan fingerprint density at radius 1 is 1.29 bits per heavy atom. The zero-order valence-electron chi connectivity index (χ0n) is 13.2. The summed E-state index contributed by atoms with van der Waals surface area (Å²) < 4.78 is 8.10. The van der Waals surface area contributed by atoms with Gasteiger partial charge in [0.1, 0.15) is 12.4 Å². The largest absolute Gasteiger partial charge is 0.487 e. The maximum Gasteiger partial charge on any atom is 0.130 e. The highest BCUT2D eigenvalue weighted by molar-refractivity contribution is 5.41. The molecule has 1 aromatic carbocycles. The Kier molecular flexibility index (Phi) is 5.39. The molecule has 0 saturated heterocycles. The first-order valence-electron chi connectivity index (χ1n) is 7.66. The quantitative estimate of drug-likeness (QED) is 0.852. The van der Waals surface area contributed by atoms with E-state index in [4.69, 9.17) is 10.5 Å². The molecule has 4 nitrogen and oxygen atoms in total. The second-order valence-electron chi connectivity index (χ2n) is 5.19. The molecule has 0 unspecified atom stereocenters. The van der Waals surface area contributed by atoms with Gasteiger partial charge < -0.3 is 10.5 Å². The second-order valence-corrected chi connectivity index (χ2v) is 5.19. The van der Waals surface area contributed by atoms with E-state index in [9.17, 15) is 0 Å². The van der Waals surface area contributed by atoms with Gasteiger partial charge in [0.05, 0.1) is 11.4 Å². The minimum absolute atomic E-state index is 0.545. The van der Waals surface area contributed by atoms with E-state index >= 15 is 0 Å². The van der Waals surface area contributed by atoms with Crippen molar-refractivity contribution in [1.29, 1.82) is 0 Å². The van der Waals surface area contributed by atoms with E-state index in [0.29, 0.717) is 13.2 Å². The molecule has 0 saturated carbocycles. The molecule has 0 aliphatic rings. The van der Waals surface area contributed by atoms with Crippen molar-refractivity contribution >= 4 is 0 Å². The number of hydrogen-bond donors (Lipinski definition) is 1. The lowest BCUT2D eigenvalue weighted by atomic mass is 10.1. The van der Waals surface area contributed by atoms with Gasteiger partial charge in [-0.1, -0.05) is 25.1 Å². The summed E-state index contributed by atoms with van der Waals surface area (Å²) in [5.41, 5.74) is 10.2. The van der Waals surface area contributed by atoms with Crippen LogP contribution in [0.15, 0.2) is 24.3 Å². The van der Waals surface area contributed by atoms with Gasteiger partial charge >= 0.3 is 0 Å². The van der Waals surface area contributed by atoms with Crippen LogP contribution in [0, 0.1) is 6.92 Å². The van der Waals surface area contributed by atoms with Crippen molar-refractivity contribution in [1.82, 2.24) is 9.78 Å². The van der Waals surface area contributed by atoms with Gasteiger partial charge in [-0.25, -0.2) is 0 Å². The number of aromatic nitrogens is 2. The Morgan fingerprint density at radius 3 is 2.76 bits per heavy atom. The molecule has 2 rings (SSSR count). The van der Waals surface area contributed by atoms with Crippen LogP contribution in [0.3, 0.4) is 0 Å². The van der Waals surface area contributed by atoms with Crippen molar-refractivity contribution in [2.45, 2.75) is 46.8 Å². The highest BCUT2D eigenvalue weighted by Gasteiger charge is 2.10. The van der Waals surface area contributed by atoms with Crippen molar-refractivity contribution in [3.63, 3.8) is 0 Å². The summed E-state index contributed by atoms with van der Waals surface area (Å²) in [5, 5.41) is 4.56. The van der Waals surface area contributed by atoms with E-state index in [1.807, 2.05) is 4.68 Å². The highest BCUT2D eigenvalue weighted by atomic mass is 16.5. The van der Waals surface area contributed by atoms with Gasteiger partial charge in [-0.2, -0.15) is 5.10 Å². The minimum atomic E-state index is 0.545. The zero-order chi connectivity index (χ0) is 15.2. The number of nitrogens with zero attached hydrogens (tertiary/aromatic N) is 2. The maximum absolute atomic E-state index is 6.09. The van der Waals surface area contributed by atoms with E-state index in [0.717, 1.165) is 42.1 Å². The number of ether oxygens (including phenoxy) is 1. The van der Waals surface area contributed by atoms with Crippen molar-refractivity contribution in [3.8, 4) is 5.75 Å². The molecule has 114 valence electrons. The Morgan fingerprint density at radius 2 is 2.10 bits per heavy atom. The van der Waals surface area contributed by atoms with E-state index in [-0.39, 0.29) is 0 Å². The number of aryl methyl sites for hydroxylation is 3. The molecule has 2 aromatic rings. The third-order valence-electron chi connectivity index (χ3n) is 3.65. The van der Waals surface area contributed by atoms with Crippen LogP contribution < -0.4 is 10.5 Å². The Labute approximate surface area is 126 Å². The molecule has 0 amide bonds. The predicted molar refractivity (Wildman–Crippen MR) is 85.5 cm³/mol. The second kappa shape index (κ2) is 7.27. The van der Waals surface area contributed by atoms with Gasteiger partial charge in [0, 0.05) is 6.54 Å². The van der Waals surface area contributed by atoms with Crippen molar-refractivity contribution in [2.75, 3.05) is 6.54 Å². The molecule has 21 heavy (non-hydrogen) atoms. The van der Waals surface area contributed by atoms with Crippen LogP contribution in [0.25, 0.3) is 0 Å². The molecular formula is C17H25N3O. The topological polar surface area (TPSA) is 53.1 Å². The number of benzene rings is 1. The molecule has 0 spiro atoms. The normalized spacial score (nSPS) is 10.9. The number of hydrogen-bond acceptors (Lipinski definition) is 3. The molecule has 0 fully saturated rings. The lowest BCUT2D eigenvalue weighted by Gasteiger charge is -2.14. The Balaban J connectivity index is 2.18. The average molecular weight is 287 g/mol. The van der Waals surface area contributed by atoms with Crippen LogP contribution in [-0.4, -0.2) is 16.3 Å². The molecule has 2 N–H and O–H groups in total. The Hall–Kier alpha value is -1.81. The van der Waals surface area contributed by atoms with Crippen LogP contribution in [-0.2, 0) is 26.0 Å². The van der Waals surface area contributed by atoms with Crippen LogP contribution in [0.1, 0.15) is 36.4 Å². The first-order chi connectivity index (χ1) is 10.2. The summed E-state index contributed by atoms with van der Waals surface area (Å²) in [5.74, 6) is 0.963. The monoisotopic (exact) mass is 287 g/mol. The van der Waals surface area contributed by atoms with E-state index < -0.39 is 0 Å². The number of rotatable bonds is 7. The molecular weight excluding hydrogens is 262 g/mol. The summed E-state index contributed by atoms with van der Waals surface area (Å²) >= 11 is 0. The van der Waals surface area contributed by atoms with Gasteiger partial charge in [-0.05, 0) is 50.4 Å². The fraction of sp³-hybridized carbons (Fsp3) is 0.471. The smallest absolute Gasteiger partial charge is 0.130 e. The van der Waals surface area contributed by atoms with Crippen LogP contribution in [0.2, 0.25) is 0 Å². The first kappa shape index (κ1) is 15.6. The molecule has 1 aromatic heterocycles. The van der Waals surface area contributed by atoms with Crippen molar-refractivity contribution in [3.05, 3.63) is 46.8 Å². The molecule has 0 radical (unpaired) electrons. The summed E-state index contributed by atoms with van der Waals surface area (Å²) in [6.45, 7) is 8.33. The Bertz CT molecular complexity index is 590. The predicted octanol–water partition coefficient (Wildman–Crippen LogP) is 2.85. The van der Waals surface area contributed by atoms with Gasteiger partial charge in [0.15, 0.2) is 0 Å². The molecule has 0 aliphatic heterocycles. The molecule has 1 heterocycles. The zero-order valence-corrected chi connectivity index (χ0v) is 13.2. The number of para-hydroxylation sites is 1. The van der Waals surface area contributed by atoms with Gasteiger partial charge in [-0.15, -0.1) is 0 Å². The lowest BCUT2D eigenvalue weighted by molar-refractivity contribution is 0.287. The fourth-order valence-corrected chi connectivity index (χ4v) is 2.50. The molecule has 0 aliphatic carbocycles. The van der Waals surface area contributed by atoms with Crippen LogP contribution in [0.5, 0.6) is 5.75 Å². The number of nitrogens with two attached hydrogens (primary N) is 1. The summed E-state index contributed by atoms with van der Waals surface area (Å²) in [6.07, 6.45) is 1.78. The van der Waals surface area contributed by atoms with E-state index in [2.05, 4.69) is 50.1 Å². The minimum Gasteiger partial charge on any atom is -0.487 e. The third-order valence-corrected chi connectivity index (χ3v) is 3.65. The molecule has 0 bridgehead atoms. The highest BCUT2D eigenvalue weighted by Crippen LogP contribution is 2.25. The SMILES string of the molecule is CCc1cc(COc2c(C)cccc2CCN)n(CC)n1. The summed E-state index contributed by atoms with van der Waals surface area (Å²) in [7, 11) is 0. The van der Waals surface area contributed by atoms with Crippen LogP contribution >= 0.6 is 0 Å². The fourth-order valence-electron chi connectivity index (χ4n) is 2.50. The summed E-state index contributed by atoms with van der Waals surface area (Å²) in [4.78, 5) is 0. The third kappa shape index (κ3) is 3.64. The van der Waals surface area contributed by atoms with Crippen LogP contribution in [0.4, 0.5) is 0 Å². The van der Waals surface area contributed by atoms with Gasteiger partial charge in [0.2, 0.25) is 0 Å². The van der Waals surface area contributed by atoms with E-state index in [1.54, 1.807) is 0 Å².